The molecule has 16 heavy (non-hydrogen) atoms. The Morgan fingerprint density at radius 3 is 2.25 bits per heavy atom. The third kappa shape index (κ3) is 8.32. The lowest BCUT2D eigenvalue weighted by atomic mass is 10.6. The molecule has 0 bridgehead atoms. The molecule has 9 heteroatoms. The molecule has 0 aliphatic carbocycles. The van der Waals surface area contributed by atoms with Crippen molar-refractivity contribution in [3.63, 3.8) is 0 Å². The summed E-state index contributed by atoms with van der Waals surface area (Å²) < 4.78 is 35.1. The minimum Gasteiger partial charge on any atom is -0.392 e. The van der Waals surface area contributed by atoms with Gasteiger partial charge in [-0.05, 0) is 0 Å². The molecule has 0 spiro atoms. The summed E-state index contributed by atoms with van der Waals surface area (Å²) >= 11 is 0. The van der Waals surface area contributed by atoms with E-state index in [9.17, 15) is 0 Å². The van der Waals surface area contributed by atoms with E-state index < -0.39 is 16.6 Å². The summed E-state index contributed by atoms with van der Waals surface area (Å²) in [6.07, 6.45) is 4.82. The van der Waals surface area contributed by atoms with E-state index in [1.807, 2.05) is 10.8 Å². The van der Waals surface area contributed by atoms with Gasteiger partial charge in [-0.1, -0.05) is 0 Å². The topological polar surface area (TPSA) is 124 Å². The monoisotopic (exact) mass is 255 g/mol. The molecule has 0 saturated heterocycles. The molecule has 1 heterocycles. The molecule has 0 aliphatic rings. The van der Waals surface area contributed by atoms with Gasteiger partial charge in [0.05, 0.1) is 6.61 Å². The lowest BCUT2D eigenvalue weighted by Gasteiger charge is -1.95. The van der Waals surface area contributed by atoms with Crippen molar-refractivity contribution in [1.29, 1.82) is 0 Å². The molecule has 0 saturated carbocycles. The highest BCUT2D eigenvalue weighted by Gasteiger charge is 2.06. The minimum atomic E-state index is -4.67. The van der Waals surface area contributed by atoms with Crippen LogP contribution in [0, 0.1) is 0 Å². The van der Waals surface area contributed by atoms with E-state index in [2.05, 4.69) is 0 Å². The van der Waals surface area contributed by atoms with E-state index >= 15 is 0 Å². The van der Waals surface area contributed by atoms with Gasteiger partial charge >= 0.3 is 10.4 Å². The maximum Gasteiger partial charge on any atom is 0.394 e. The standard InChI is InChI=1S/C7H13N2O2.H2O4S/c1-7(11)9-3-2-8(6-9)4-5-10;1-5(2,3)4/h2-3,6-7,10-11H,4-5H2,1H3;(H2,1,2,3,4)/q+1;. The van der Waals surface area contributed by atoms with Gasteiger partial charge in [0.25, 0.3) is 0 Å². The van der Waals surface area contributed by atoms with Crippen molar-refractivity contribution in [3.8, 4) is 0 Å². The van der Waals surface area contributed by atoms with Crippen molar-refractivity contribution in [2.24, 2.45) is 0 Å². The fraction of sp³-hybridized carbons (Fsp3) is 0.571. The number of hydrogen-bond acceptors (Lipinski definition) is 4. The maximum absolute atomic E-state index is 9.09. The van der Waals surface area contributed by atoms with Crippen molar-refractivity contribution in [1.82, 2.24) is 4.57 Å². The largest absolute Gasteiger partial charge is 0.394 e. The van der Waals surface area contributed by atoms with E-state index in [4.69, 9.17) is 27.7 Å². The van der Waals surface area contributed by atoms with Gasteiger partial charge in [-0.2, -0.15) is 8.42 Å². The molecule has 0 aliphatic heterocycles. The normalized spacial score (nSPS) is 12.8. The quantitative estimate of drug-likeness (QED) is 0.390. The lowest BCUT2D eigenvalue weighted by Crippen LogP contribution is -2.33. The van der Waals surface area contributed by atoms with Crippen molar-refractivity contribution >= 4 is 10.4 Å². The first-order valence-electron chi connectivity index (χ1n) is 4.29. The van der Waals surface area contributed by atoms with Crippen LogP contribution < -0.4 is 4.57 Å². The molecule has 0 fully saturated rings. The van der Waals surface area contributed by atoms with Crippen molar-refractivity contribution in [2.45, 2.75) is 19.7 Å². The predicted molar refractivity (Wildman–Crippen MR) is 52.8 cm³/mol. The SMILES string of the molecule is CC(O)n1cc[n+](CCO)c1.O=S(=O)(O)O. The highest BCUT2D eigenvalue weighted by Crippen LogP contribution is 1.95. The molecular weight excluding hydrogens is 240 g/mol. The molecule has 4 N–H and O–H groups in total. The van der Waals surface area contributed by atoms with E-state index in [0.29, 0.717) is 6.54 Å². The van der Waals surface area contributed by atoms with Crippen LogP contribution in [0.5, 0.6) is 0 Å². The summed E-state index contributed by atoms with van der Waals surface area (Å²) in [5.41, 5.74) is 0. The van der Waals surface area contributed by atoms with Crippen LogP contribution in [0.4, 0.5) is 0 Å². The van der Waals surface area contributed by atoms with Gasteiger partial charge in [0.1, 0.15) is 18.9 Å². The number of aliphatic hydroxyl groups is 2. The first-order valence-corrected chi connectivity index (χ1v) is 5.69. The number of rotatable bonds is 3. The Morgan fingerprint density at radius 1 is 1.44 bits per heavy atom. The van der Waals surface area contributed by atoms with E-state index in [1.165, 1.54) is 0 Å². The van der Waals surface area contributed by atoms with Crippen LogP contribution in [-0.2, 0) is 16.9 Å². The lowest BCUT2D eigenvalue weighted by molar-refractivity contribution is -0.697. The average Bonchev–Trinajstić information content (AvgIpc) is 2.50. The Kier molecular flexibility index (Phi) is 6.14. The second-order valence-electron chi connectivity index (χ2n) is 2.90. The van der Waals surface area contributed by atoms with Gasteiger partial charge in [0.2, 0.25) is 6.33 Å². The van der Waals surface area contributed by atoms with Gasteiger partial charge in [-0.15, -0.1) is 0 Å². The number of hydrogen-bond donors (Lipinski definition) is 4. The molecule has 0 radical (unpaired) electrons. The zero-order valence-electron chi connectivity index (χ0n) is 8.63. The second kappa shape index (κ2) is 6.55. The Morgan fingerprint density at radius 2 is 1.94 bits per heavy atom. The zero-order valence-corrected chi connectivity index (χ0v) is 9.45. The van der Waals surface area contributed by atoms with Crippen LogP contribution >= 0.6 is 0 Å². The fourth-order valence-corrected chi connectivity index (χ4v) is 0.880. The van der Waals surface area contributed by atoms with Crippen LogP contribution in [0.25, 0.3) is 0 Å². The highest BCUT2D eigenvalue weighted by molar-refractivity contribution is 7.79. The molecule has 1 atom stereocenters. The molecule has 8 nitrogen and oxygen atoms in total. The van der Waals surface area contributed by atoms with Crippen LogP contribution in [0.2, 0.25) is 0 Å². The predicted octanol–water partition coefficient (Wildman–Crippen LogP) is -1.37. The average molecular weight is 255 g/mol. The molecule has 94 valence electrons. The van der Waals surface area contributed by atoms with Crippen molar-refractivity contribution in [3.05, 3.63) is 18.7 Å². The number of aliphatic hydroxyl groups excluding tert-OH is 2. The maximum atomic E-state index is 9.09. The Hall–Kier alpha value is -1.00. The summed E-state index contributed by atoms with van der Waals surface area (Å²) in [4.78, 5) is 0. The summed E-state index contributed by atoms with van der Waals surface area (Å²) in [6, 6.07) is 0. The highest BCUT2D eigenvalue weighted by atomic mass is 32.3. The van der Waals surface area contributed by atoms with Gasteiger partial charge in [-0.3, -0.25) is 9.11 Å². The molecular formula is C7H15N2O6S+. The summed E-state index contributed by atoms with van der Waals surface area (Å²) in [5.74, 6) is 0. The van der Waals surface area contributed by atoms with Crippen molar-refractivity contribution < 1.29 is 32.3 Å². The first-order chi connectivity index (χ1) is 7.24. The van der Waals surface area contributed by atoms with Gasteiger partial charge in [-0.25, -0.2) is 9.13 Å². The molecule has 0 aromatic carbocycles. The van der Waals surface area contributed by atoms with Gasteiger partial charge in [0.15, 0.2) is 6.23 Å². The zero-order chi connectivity index (χ0) is 12.8. The van der Waals surface area contributed by atoms with Crippen LogP contribution in [-0.4, -0.2) is 38.9 Å². The molecule has 0 amide bonds. The summed E-state index contributed by atoms with van der Waals surface area (Å²) in [5, 5.41) is 17.7. The third-order valence-electron chi connectivity index (χ3n) is 1.50. The number of nitrogens with zero attached hydrogens (tertiary/aromatic N) is 2. The van der Waals surface area contributed by atoms with Crippen LogP contribution in [0.3, 0.4) is 0 Å². The molecule has 1 aromatic rings. The van der Waals surface area contributed by atoms with Crippen molar-refractivity contribution in [2.75, 3.05) is 6.61 Å². The second-order valence-corrected chi connectivity index (χ2v) is 3.80. The Bertz CT molecular complexity index is 391. The third-order valence-corrected chi connectivity index (χ3v) is 1.50. The minimum absolute atomic E-state index is 0.120. The van der Waals surface area contributed by atoms with Gasteiger partial charge < -0.3 is 10.2 Å². The van der Waals surface area contributed by atoms with E-state index in [-0.39, 0.29) is 6.61 Å². The molecule has 1 rings (SSSR count). The van der Waals surface area contributed by atoms with Gasteiger partial charge in [0, 0.05) is 6.92 Å². The molecule has 1 unspecified atom stereocenters. The van der Waals surface area contributed by atoms with Crippen LogP contribution in [0.15, 0.2) is 18.7 Å². The van der Waals surface area contributed by atoms with E-state index in [1.54, 1.807) is 24.0 Å². The first kappa shape index (κ1) is 15.0. The smallest absolute Gasteiger partial charge is 0.392 e. The van der Waals surface area contributed by atoms with Crippen LogP contribution in [0.1, 0.15) is 13.2 Å². The Balaban J connectivity index is 0.000000385. The summed E-state index contributed by atoms with van der Waals surface area (Å²) in [6.45, 7) is 2.37. The molecule has 1 aromatic heterocycles. The number of imidazole rings is 1. The summed E-state index contributed by atoms with van der Waals surface area (Å²) in [7, 11) is -4.67. The van der Waals surface area contributed by atoms with E-state index in [0.717, 1.165) is 0 Å². The Labute approximate surface area is 93.0 Å². The fourth-order valence-electron chi connectivity index (χ4n) is 0.880. The number of aromatic nitrogens is 2.